The molecule has 2 aliphatic rings. The lowest BCUT2D eigenvalue weighted by Gasteiger charge is -2.37. The fourth-order valence-corrected chi connectivity index (χ4v) is 3.81. The molecule has 1 heterocycles. The standard InChI is InChI=1S/C15H26N2O3/c1-2-15(14(19)20)8-3-9-17(15)13(18)12-6-4-11(10-16)5-7-12/h11-12H,2-10,16H2,1H3,(H,19,20). The van der Waals surface area contributed by atoms with Gasteiger partial charge in [0.25, 0.3) is 0 Å². The van der Waals surface area contributed by atoms with Crippen LogP contribution in [0.15, 0.2) is 0 Å². The van der Waals surface area contributed by atoms with E-state index in [9.17, 15) is 14.7 Å². The molecule has 1 amide bonds. The summed E-state index contributed by atoms with van der Waals surface area (Å²) in [6, 6.07) is 0. The van der Waals surface area contributed by atoms with Crippen LogP contribution in [-0.4, -0.2) is 40.5 Å². The molecule has 114 valence electrons. The van der Waals surface area contributed by atoms with Crippen molar-refractivity contribution in [2.75, 3.05) is 13.1 Å². The van der Waals surface area contributed by atoms with Gasteiger partial charge in [0.05, 0.1) is 0 Å². The third-order valence-corrected chi connectivity index (χ3v) is 5.27. The molecule has 1 saturated heterocycles. The van der Waals surface area contributed by atoms with E-state index >= 15 is 0 Å². The van der Waals surface area contributed by atoms with E-state index in [2.05, 4.69) is 0 Å². The summed E-state index contributed by atoms with van der Waals surface area (Å²) in [4.78, 5) is 26.0. The molecule has 0 bridgehead atoms. The minimum Gasteiger partial charge on any atom is -0.479 e. The Bertz CT molecular complexity index is 377. The highest BCUT2D eigenvalue weighted by atomic mass is 16.4. The number of carbonyl (C=O) groups is 2. The molecule has 1 aliphatic heterocycles. The highest BCUT2D eigenvalue weighted by Gasteiger charge is 2.49. The lowest BCUT2D eigenvalue weighted by atomic mass is 9.80. The Morgan fingerprint density at radius 3 is 2.45 bits per heavy atom. The topological polar surface area (TPSA) is 83.6 Å². The van der Waals surface area contributed by atoms with Crippen LogP contribution in [0.4, 0.5) is 0 Å². The zero-order valence-corrected chi connectivity index (χ0v) is 12.3. The van der Waals surface area contributed by atoms with Gasteiger partial charge in [-0.15, -0.1) is 0 Å². The number of amides is 1. The maximum atomic E-state index is 12.7. The van der Waals surface area contributed by atoms with Crippen LogP contribution in [0, 0.1) is 11.8 Å². The Hall–Kier alpha value is -1.10. The zero-order chi connectivity index (χ0) is 14.8. The number of carboxylic acid groups (broad SMARTS) is 1. The van der Waals surface area contributed by atoms with E-state index in [1.54, 1.807) is 4.90 Å². The van der Waals surface area contributed by atoms with E-state index in [-0.39, 0.29) is 11.8 Å². The van der Waals surface area contributed by atoms with Gasteiger partial charge in [-0.05, 0) is 57.4 Å². The quantitative estimate of drug-likeness (QED) is 0.820. The summed E-state index contributed by atoms with van der Waals surface area (Å²) < 4.78 is 0. The SMILES string of the molecule is CCC1(C(=O)O)CCCN1C(=O)C1CCC(CN)CC1. The number of hydrogen-bond donors (Lipinski definition) is 2. The van der Waals surface area contributed by atoms with Gasteiger partial charge in [0, 0.05) is 12.5 Å². The Morgan fingerprint density at radius 2 is 1.95 bits per heavy atom. The molecular weight excluding hydrogens is 256 g/mol. The van der Waals surface area contributed by atoms with Crippen molar-refractivity contribution in [3.05, 3.63) is 0 Å². The molecule has 0 aromatic carbocycles. The number of carbonyl (C=O) groups excluding carboxylic acids is 1. The zero-order valence-electron chi connectivity index (χ0n) is 12.3. The van der Waals surface area contributed by atoms with Crippen LogP contribution in [0.3, 0.4) is 0 Å². The molecule has 1 saturated carbocycles. The lowest BCUT2D eigenvalue weighted by Crippen LogP contribution is -2.54. The van der Waals surface area contributed by atoms with Crippen LogP contribution in [-0.2, 0) is 9.59 Å². The average molecular weight is 282 g/mol. The summed E-state index contributed by atoms with van der Waals surface area (Å²) in [6.07, 6.45) is 5.58. The van der Waals surface area contributed by atoms with Crippen LogP contribution >= 0.6 is 0 Å². The molecule has 5 nitrogen and oxygen atoms in total. The van der Waals surface area contributed by atoms with Gasteiger partial charge in [0.15, 0.2) is 0 Å². The molecule has 0 radical (unpaired) electrons. The molecular formula is C15H26N2O3. The van der Waals surface area contributed by atoms with Gasteiger partial charge in [-0.3, -0.25) is 4.79 Å². The lowest BCUT2D eigenvalue weighted by molar-refractivity contribution is -0.159. The fraction of sp³-hybridized carbons (Fsp3) is 0.867. The Labute approximate surface area is 120 Å². The van der Waals surface area contributed by atoms with Crippen molar-refractivity contribution in [2.24, 2.45) is 17.6 Å². The molecule has 20 heavy (non-hydrogen) atoms. The highest BCUT2D eigenvalue weighted by molar-refractivity contribution is 5.88. The molecule has 3 N–H and O–H groups in total. The van der Waals surface area contributed by atoms with Gasteiger partial charge in [-0.1, -0.05) is 6.92 Å². The van der Waals surface area contributed by atoms with E-state index in [4.69, 9.17) is 5.73 Å². The highest BCUT2D eigenvalue weighted by Crippen LogP contribution is 2.37. The van der Waals surface area contributed by atoms with Crippen molar-refractivity contribution in [1.29, 1.82) is 0 Å². The van der Waals surface area contributed by atoms with Crippen molar-refractivity contribution in [3.63, 3.8) is 0 Å². The van der Waals surface area contributed by atoms with Gasteiger partial charge in [0.2, 0.25) is 5.91 Å². The second-order valence-corrected chi connectivity index (χ2v) is 6.24. The van der Waals surface area contributed by atoms with Gasteiger partial charge in [0.1, 0.15) is 5.54 Å². The molecule has 0 aromatic rings. The van der Waals surface area contributed by atoms with Gasteiger partial charge in [-0.2, -0.15) is 0 Å². The van der Waals surface area contributed by atoms with E-state index in [0.717, 1.165) is 32.1 Å². The van der Waals surface area contributed by atoms with Gasteiger partial charge < -0.3 is 15.7 Å². The number of likely N-dealkylation sites (tertiary alicyclic amines) is 1. The minimum absolute atomic E-state index is 0.00109. The molecule has 5 heteroatoms. The number of nitrogens with zero attached hydrogens (tertiary/aromatic N) is 1. The fourth-order valence-electron chi connectivity index (χ4n) is 3.81. The second kappa shape index (κ2) is 6.12. The smallest absolute Gasteiger partial charge is 0.329 e. The number of rotatable bonds is 4. The largest absolute Gasteiger partial charge is 0.479 e. The summed E-state index contributed by atoms with van der Waals surface area (Å²) in [5.74, 6) is -0.252. The normalized spacial score (nSPS) is 34.2. The summed E-state index contributed by atoms with van der Waals surface area (Å²) in [5, 5.41) is 9.55. The molecule has 0 spiro atoms. The molecule has 0 aromatic heterocycles. The van der Waals surface area contributed by atoms with E-state index < -0.39 is 11.5 Å². The summed E-state index contributed by atoms with van der Waals surface area (Å²) in [5.41, 5.74) is 4.72. The summed E-state index contributed by atoms with van der Waals surface area (Å²) in [6.45, 7) is 3.15. The van der Waals surface area contributed by atoms with Gasteiger partial charge >= 0.3 is 5.97 Å². The molecule has 1 atom stereocenters. The first kappa shape index (κ1) is 15.3. The monoisotopic (exact) mass is 282 g/mol. The second-order valence-electron chi connectivity index (χ2n) is 6.24. The van der Waals surface area contributed by atoms with Crippen molar-refractivity contribution in [1.82, 2.24) is 4.90 Å². The predicted molar refractivity (Wildman–Crippen MR) is 76.1 cm³/mol. The number of aliphatic carboxylic acids is 1. The Morgan fingerprint density at radius 1 is 1.30 bits per heavy atom. The van der Waals surface area contributed by atoms with Crippen LogP contribution < -0.4 is 5.73 Å². The first-order chi connectivity index (χ1) is 9.55. The Balaban J connectivity index is 2.07. The minimum atomic E-state index is -0.957. The molecule has 1 aliphatic carbocycles. The maximum Gasteiger partial charge on any atom is 0.329 e. The van der Waals surface area contributed by atoms with Crippen LogP contribution in [0.25, 0.3) is 0 Å². The number of hydrogen-bond acceptors (Lipinski definition) is 3. The predicted octanol–water partition coefficient (Wildman–Crippen LogP) is 1.61. The van der Waals surface area contributed by atoms with Crippen molar-refractivity contribution in [2.45, 2.75) is 57.4 Å². The first-order valence-electron chi connectivity index (χ1n) is 7.80. The van der Waals surface area contributed by atoms with Crippen LogP contribution in [0.1, 0.15) is 51.9 Å². The Kier molecular flexibility index (Phi) is 4.68. The maximum absolute atomic E-state index is 12.7. The van der Waals surface area contributed by atoms with Crippen molar-refractivity contribution < 1.29 is 14.7 Å². The van der Waals surface area contributed by atoms with Crippen molar-refractivity contribution in [3.8, 4) is 0 Å². The third kappa shape index (κ3) is 2.55. The van der Waals surface area contributed by atoms with Gasteiger partial charge in [-0.25, -0.2) is 4.79 Å². The molecule has 2 fully saturated rings. The third-order valence-electron chi connectivity index (χ3n) is 5.27. The first-order valence-corrected chi connectivity index (χ1v) is 7.80. The van der Waals surface area contributed by atoms with Crippen molar-refractivity contribution >= 4 is 11.9 Å². The van der Waals surface area contributed by atoms with Crippen LogP contribution in [0.5, 0.6) is 0 Å². The van der Waals surface area contributed by atoms with E-state index in [1.807, 2.05) is 6.92 Å². The summed E-state index contributed by atoms with van der Waals surface area (Å²) >= 11 is 0. The summed E-state index contributed by atoms with van der Waals surface area (Å²) in [7, 11) is 0. The van der Waals surface area contributed by atoms with Crippen LogP contribution in [0.2, 0.25) is 0 Å². The number of nitrogens with two attached hydrogens (primary N) is 1. The molecule has 1 unspecified atom stereocenters. The number of carboxylic acids is 1. The van der Waals surface area contributed by atoms with E-state index in [1.165, 1.54) is 0 Å². The molecule has 2 rings (SSSR count). The van der Waals surface area contributed by atoms with E-state index in [0.29, 0.717) is 31.8 Å². The average Bonchev–Trinajstić information content (AvgIpc) is 2.91.